The molecule has 0 N–H and O–H groups in total. The fraction of sp³-hybridized carbons (Fsp3) is 0.0526. The van der Waals surface area contributed by atoms with Crippen molar-refractivity contribution in [3.8, 4) is 11.5 Å². The van der Waals surface area contributed by atoms with E-state index >= 15 is 0 Å². The Morgan fingerprint density at radius 1 is 0.760 bits per heavy atom. The van der Waals surface area contributed by atoms with Gasteiger partial charge in [0, 0.05) is 5.30 Å². The van der Waals surface area contributed by atoms with Crippen LogP contribution in [0.15, 0.2) is 72.8 Å². The molecule has 0 saturated heterocycles. The monoisotopic (exact) mass is 468 g/mol. The molecule has 0 spiro atoms. The number of fused-ring (bicyclic) bond motifs is 1. The summed E-state index contributed by atoms with van der Waals surface area (Å²) in [5.41, 5.74) is 0. The molecule has 0 radical (unpaired) electrons. The Hall–Kier alpha value is -1.72. The maximum absolute atomic E-state index is 13.5. The van der Waals surface area contributed by atoms with Crippen molar-refractivity contribution < 1.29 is 18.3 Å². The van der Waals surface area contributed by atoms with Crippen LogP contribution in [0.4, 0.5) is 8.78 Å². The number of rotatable bonds is 3. The summed E-state index contributed by atoms with van der Waals surface area (Å²) in [6.07, 6.45) is -3.61. The highest BCUT2D eigenvalue weighted by Crippen LogP contribution is 2.46. The van der Waals surface area contributed by atoms with Crippen LogP contribution < -0.4 is 25.4 Å². The fourth-order valence-electron chi connectivity index (χ4n) is 2.73. The van der Waals surface area contributed by atoms with E-state index in [2.05, 4.69) is 51.6 Å². The molecule has 0 unspecified atom stereocenters. The van der Waals surface area contributed by atoms with Crippen LogP contribution in [0.1, 0.15) is 0 Å². The van der Waals surface area contributed by atoms with Gasteiger partial charge >= 0.3 is 6.29 Å². The second kappa shape index (κ2) is 6.54. The van der Waals surface area contributed by atoms with E-state index in [9.17, 15) is 8.78 Å². The molecule has 4 rings (SSSR count). The van der Waals surface area contributed by atoms with Gasteiger partial charge in [-0.2, -0.15) is 0 Å². The predicted octanol–water partition coefficient (Wildman–Crippen LogP) is 4.37. The van der Waals surface area contributed by atoms with E-state index in [0.717, 1.165) is 15.9 Å². The van der Waals surface area contributed by atoms with E-state index < -0.39 is 14.2 Å². The van der Waals surface area contributed by atoms with Gasteiger partial charge in [0.2, 0.25) is 0 Å². The standard InChI is InChI=1S/C19H12F2IO2P/c20-19(21)23-15-11-12-16(17(22)18(15)24-19)25(13-7-3-1-4-8-13)14-9-5-2-6-10-14/h1-12H. The minimum atomic E-state index is -3.61. The Kier molecular flexibility index (Phi) is 4.38. The molecule has 3 aromatic rings. The Morgan fingerprint density at radius 3 is 1.88 bits per heavy atom. The van der Waals surface area contributed by atoms with Gasteiger partial charge < -0.3 is 9.47 Å². The first kappa shape index (κ1) is 16.7. The highest BCUT2D eigenvalue weighted by molar-refractivity contribution is 14.1. The zero-order valence-electron chi connectivity index (χ0n) is 12.8. The summed E-state index contributed by atoms with van der Waals surface area (Å²) in [4.78, 5) is 0. The summed E-state index contributed by atoms with van der Waals surface area (Å²) in [5.74, 6) is 0.191. The van der Waals surface area contributed by atoms with Crippen LogP contribution in [0.3, 0.4) is 0 Å². The molecule has 0 saturated carbocycles. The van der Waals surface area contributed by atoms with Crippen molar-refractivity contribution in [3.05, 3.63) is 76.4 Å². The SMILES string of the molecule is FC1(F)Oc2ccc(P(c3ccccc3)c3ccccc3)c(I)c2O1. The molecule has 3 aromatic carbocycles. The molecule has 0 aromatic heterocycles. The lowest BCUT2D eigenvalue weighted by Gasteiger charge is -2.21. The number of ether oxygens (including phenoxy) is 2. The Labute approximate surface area is 158 Å². The second-order valence-corrected chi connectivity index (χ2v) is 8.66. The van der Waals surface area contributed by atoms with E-state index in [4.69, 9.17) is 4.74 Å². The van der Waals surface area contributed by atoms with E-state index in [0.29, 0.717) is 3.57 Å². The summed E-state index contributed by atoms with van der Waals surface area (Å²) >= 11 is 2.07. The molecule has 0 aliphatic carbocycles. The molecule has 1 aliphatic heterocycles. The average Bonchev–Trinajstić information content (AvgIpc) is 2.94. The normalized spacial score (nSPS) is 14.7. The fourth-order valence-corrected chi connectivity index (χ4v) is 6.32. The van der Waals surface area contributed by atoms with Crippen LogP contribution in [-0.4, -0.2) is 6.29 Å². The van der Waals surface area contributed by atoms with E-state index in [1.807, 2.05) is 42.5 Å². The maximum Gasteiger partial charge on any atom is 0.586 e. The second-order valence-electron chi connectivity index (χ2n) is 5.40. The molecule has 2 nitrogen and oxygen atoms in total. The van der Waals surface area contributed by atoms with Crippen molar-refractivity contribution in [3.63, 3.8) is 0 Å². The predicted molar refractivity (Wildman–Crippen MR) is 104 cm³/mol. The summed E-state index contributed by atoms with van der Waals surface area (Å²) in [5, 5.41) is 3.26. The minimum absolute atomic E-state index is 0.0780. The smallest absolute Gasteiger partial charge is 0.395 e. The van der Waals surface area contributed by atoms with Crippen LogP contribution in [-0.2, 0) is 0 Å². The third-order valence-electron chi connectivity index (χ3n) is 3.76. The van der Waals surface area contributed by atoms with Gasteiger partial charge in [0.25, 0.3) is 0 Å². The van der Waals surface area contributed by atoms with Gasteiger partial charge in [0.15, 0.2) is 11.5 Å². The van der Waals surface area contributed by atoms with Gasteiger partial charge in [0.1, 0.15) is 0 Å². The van der Waals surface area contributed by atoms with Crippen molar-refractivity contribution in [2.75, 3.05) is 0 Å². The van der Waals surface area contributed by atoms with Crippen LogP contribution in [0, 0.1) is 3.57 Å². The number of halogens is 3. The summed E-state index contributed by atoms with van der Waals surface area (Å²) in [7, 11) is -0.892. The van der Waals surface area contributed by atoms with Crippen LogP contribution >= 0.6 is 30.5 Å². The largest absolute Gasteiger partial charge is 0.586 e. The molecule has 0 fully saturated rings. The first-order valence-electron chi connectivity index (χ1n) is 7.54. The molecule has 6 heteroatoms. The van der Waals surface area contributed by atoms with Gasteiger partial charge in [-0.25, -0.2) is 0 Å². The third kappa shape index (κ3) is 3.23. The quantitative estimate of drug-likeness (QED) is 0.420. The summed E-state index contributed by atoms with van der Waals surface area (Å²) in [6, 6.07) is 23.6. The first-order valence-corrected chi connectivity index (χ1v) is 9.96. The lowest BCUT2D eigenvalue weighted by Crippen LogP contribution is -2.26. The van der Waals surface area contributed by atoms with E-state index in [1.165, 1.54) is 0 Å². The molecule has 1 aliphatic rings. The number of hydrogen-bond donors (Lipinski definition) is 0. The van der Waals surface area contributed by atoms with E-state index in [-0.39, 0.29) is 11.5 Å². The zero-order chi connectivity index (χ0) is 17.4. The zero-order valence-corrected chi connectivity index (χ0v) is 15.9. The lowest BCUT2D eigenvalue weighted by atomic mass is 10.3. The molecular formula is C19H12F2IO2P. The highest BCUT2D eigenvalue weighted by atomic mass is 127. The van der Waals surface area contributed by atoms with Gasteiger partial charge in [-0.15, -0.1) is 8.78 Å². The van der Waals surface area contributed by atoms with Crippen molar-refractivity contribution in [1.29, 1.82) is 0 Å². The van der Waals surface area contributed by atoms with Gasteiger partial charge in [-0.05, 0) is 53.3 Å². The molecule has 126 valence electrons. The topological polar surface area (TPSA) is 18.5 Å². The average molecular weight is 468 g/mol. The third-order valence-corrected chi connectivity index (χ3v) is 7.74. The van der Waals surface area contributed by atoms with Gasteiger partial charge in [-0.1, -0.05) is 60.7 Å². The Balaban J connectivity index is 1.88. The van der Waals surface area contributed by atoms with Crippen LogP contribution in [0.2, 0.25) is 0 Å². The van der Waals surface area contributed by atoms with Gasteiger partial charge in [-0.3, -0.25) is 0 Å². The van der Waals surface area contributed by atoms with E-state index in [1.54, 1.807) is 6.07 Å². The maximum atomic E-state index is 13.5. The minimum Gasteiger partial charge on any atom is -0.395 e. The number of hydrogen-bond acceptors (Lipinski definition) is 2. The van der Waals surface area contributed by atoms with Crippen LogP contribution in [0.5, 0.6) is 11.5 Å². The summed E-state index contributed by atoms with van der Waals surface area (Å²) < 4.78 is 36.9. The molecule has 0 bridgehead atoms. The molecule has 1 heterocycles. The van der Waals surface area contributed by atoms with Gasteiger partial charge in [0.05, 0.1) is 3.57 Å². The molecule has 0 amide bonds. The Morgan fingerprint density at radius 2 is 1.32 bits per heavy atom. The van der Waals surface area contributed by atoms with Crippen LogP contribution in [0.25, 0.3) is 0 Å². The van der Waals surface area contributed by atoms with Crippen molar-refractivity contribution >= 4 is 46.4 Å². The lowest BCUT2D eigenvalue weighted by molar-refractivity contribution is -0.286. The Bertz CT molecular complexity index is 865. The highest BCUT2D eigenvalue weighted by Gasteiger charge is 2.45. The number of alkyl halides is 2. The van der Waals surface area contributed by atoms with Crippen molar-refractivity contribution in [2.24, 2.45) is 0 Å². The molecule has 0 atom stereocenters. The van der Waals surface area contributed by atoms with Crippen molar-refractivity contribution in [2.45, 2.75) is 6.29 Å². The first-order chi connectivity index (χ1) is 12.1. The summed E-state index contributed by atoms with van der Waals surface area (Å²) in [6.45, 7) is 0. The van der Waals surface area contributed by atoms with Crippen molar-refractivity contribution in [1.82, 2.24) is 0 Å². The number of benzene rings is 3. The molecule has 25 heavy (non-hydrogen) atoms. The molecular weight excluding hydrogens is 456 g/mol.